The SMILES string of the molecule is COc1cc(C2(C(=O)O)CCCCC2)c(OC)cc1C(C)(C)F. The zero-order chi connectivity index (χ0) is 17.3. The lowest BCUT2D eigenvalue weighted by Gasteiger charge is -2.35. The molecule has 1 aromatic rings. The van der Waals surface area contributed by atoms with Crippen LogP contribution in [0.4, 0.5) is 4.39 Å². The molecule has 0 atom stereocenters. The van der Waals surface area contributed by atoms with Gasteiger partial charge in [-0.25, -0.2) is 4.39 Å². The van der Waals surface area contributed by atoms with Gasteiger partial charge >= 0.3 is 5.97 Å². The Bertz CT molecular complexity index is 583. The van der Waals surface area contributed by atoms with Gasteiger partial charge in [-0.3, -0.25) is 4.79 Å². The maximum Gasteiger partial charge on any atom is 0.314 e. The van der Waals surface area contributed by atoms with E-state index in [1.54, 1.807) is 12.1 Å². The third-order valence-electron chi connectivity index (χ3n) is 4.79. The molecular formula is C18H25FO4. The van der Waals surface area contributed by atoms with E-state index in [0.29, 0.717) is 35.5 Å². The first-order valence-corrected chi connectivity index (χ1v) is 7.95. The summed E-state index contributed by atoms with van der Waals surface area (Å²) in [7, 11) is 2.95. The number of benzene rings is 1. The van der Waals surface area contributed by atoms with Gasteiger partial charge in [0.05, 0.1) is 19.6 Å². The van der Waals surface area contributed by atoms with Crippen LogP contribution in [0.3, 0.4) is 0 Å². The van der Waals surface area contributed by atoms with E-state index in [9.17, 15) is 14.3 Å². The van der Waals surface area contributed by atoms with Crippen molar-refractivity contribution in [3.63, 3.8) is 0 Å². The van der Waals surface area contributed by atoms with Crippen LogP contribution in [0, 0.1) is 0 Å². The monoisotopic (exact) mass is 324 g/mol. The molecule has 0 radical (unpaired) electrons. The van der Waals surface area contributed by atoms with E-state index < -0.39 is 17.1 Å². The number of carboxylic acid groups (broad SMARTS) is 1. The van der Waals surface area contributed by atoms with Crippen molar-refractivity contribution < 1.29 is 23.8 Å². The largest absolute Gasteiger partial charge is 0.496 e. The number of hydrogen-bond acceptors (Lipinski definition) is 3. The minimum atomic E-state index is -1.61. The second-order valence-corrected chi connectivity index (χ2v) is 6.67. The molecule has 128 valence electrons. The predicted molar refractivity (Wildman–Crippen MR) is 86.1 cm³/mol. The van der Waals surface area contributed by atoms with Crippen LogP contribution in [0.15, 0.2) is 12.1 Å². The molecule has 5 heteroatoms. The van der Waals surface area contributed by atoms with Gasteiger partial charge < -0.3 is 14.6 Å². The first-order valence-electron chi connectivity index (χ1n) is 7.95. The maximum absolute atomic E-state index is 14.5. The number of carboxylic acids is 1. The molecule has 0 unspecified atom stereocenters. The van der Waals surface area contributed by atoms with Gasteiger partial charge in [-0.1, -0.05) is 19.3 Å². The van der Waals surface area contributed by atoms with Crippen molar-refractivity contribution in [1.82, 2.24) is 0 Å². The smallest absolute Gasteiger partial charge is 0.314 e. The van der Waals surface area contributed by atoms with Gasteiger partial charge in [-0.05, 0) is 38.8 Å². The summed E-state index contributed by atoms with van der Waals surface area (Å²) >= 11 is 0. The van der Waals surface area contributed by atoms with Crippen molar-refractivity contribution in [3.8, 4) is 11.5 Å². The molecule has 1 N–H and O–H groups in total. The van der Waals surface area contributed by atoms with E-state index >= 15 is 0 Å². The summed E-state index contributed by atoms with van der Waals surface area (Å²) in [5, 5.41) is 9.88. The van der Waals surface area contributed by atoms with Crippen LogP contribution in [-0.4, -0.2) is 25.3 Å². The molecule has 0 spiro atoms. The number of hydrogen-bond donors (Lipinski definition) is 1. The molecule has 0 bridgehead atoms. The molecule has 1 aromatic carbocycles. The van der Waals surface area contributed by atoms with Crippen LogP contribution in [0.5, 0.6) is 11.5 Å². The summed E-state index contributed by atoms with van der Waals surface area (Å²) in [6.07, 6.45) is 3.85. The molecule has 1 aliphatic carbocycles. The average Bonchev–Trinajstić information content (AvgIpc) is 2.53. The highest BCUT2D eigenvalue weighted by Crippen LogP contribution is 2.47. The highest BCUT2D eigenvalue weighted by atomic mass is 19.1. The molecule has 0 heterocycles. The lowest BCUT2D eigenvalue weighted by Crippen LogP contribution is -2.38. The fraction of sp³-hybridized carbons (Fsp3) is 0.611. The molecule has 0 amide bonds. The summed E-state index contributed by atoms with van der Waals surface area (Å²) < 4.78 is 25.2. The van der Waals surface area contributed by atoms with Gasteiger partial charge in [0, 0.05) is 11.1 Å². The molecule has 1 fully saturated rings. The number of carbonyl (C=O) groups is 1. The summed E-state index contributed by atoms with van der Waals surface area (Å²) in [6.45, 7) is 2.88. The Labute approximate surface area is 136 Å². The lowest BCUT2D eigenvalue weighted by atomic mass is 9.68. The van der Waals surface area contributed by atoms with Crippen molar-refractivity contribution in [1.29, 1.82) is 0 Å². The highest BCUT2D eigenvalue weighted by Gasteiger charge is 2.44. The third-order valence-corrected chi connectivity index (χ3v) is 4.79. The van der Waals surface area contributed by atoms with Gasteiger partial charge in [0.15, 0.2) is 0 Å². The average molecular weight is 324 g/mol. The number of methoxy groups -OCH3 is 2. The van der Waals surface area contributed by atoms with Crippen LogP contribution >= 0.6 is 0 Å². The number of halogens is 1. The predicted octanol–water partition coefficient (Wildman–Crippen LogP) is 4.19. The van der Waals surface area contributed by atoms with Crippen molar-refractivity contribution in [2.24, 2.45) is 0 Å². The van der Waals surface area contributed by atoms with Crippen LogP contribution in [-0.2, 0) is 15.9 Å². The Morgan fingerprint density at radius 1 is 1.13 bits per heavy atom. The van der Waals surface area contributed by atoms with E-state index in [-0.39, 0.29) is 0 Å². The van der Waals surface area contributed by atoms with E-state index in [2.05, 4.69) is 0 Å². The summed E-state index contributed by atoms with van der Waals surface area (Å²) in [5.41, 5.74) is -1.66. The molecule has 0 aromatic heterocycles. The van der Waals surface area contributed by atoms with Crippen molar-refractivity contribution in [2.45, 2.75) is 57.0 Å². The highest BCUT2D eigenvalue weighted by molar-refractivity contribution is 5.83. The number of ether oxygens (including phenoxy) is 2. The lowest BCUT2D eigenvalue weighted by molar-refractivity contribution is -0.145. The van der Waals surface area contributed by atoms with Crippen molar-refractivity contribution >= 4 is 5.97 Å². The topological polar surface area (TPSA) is 55.8 Å². The fourth-order valence-corrected chi connectivity index (χ4v) is 3.49. The number of alkyl halides is 1. The van der Waals surface area contributed by atoms with E-state index in [1.807, 2.05) is 0 Å². The third kappa shape index (κ3) is 3.14. The molecule has 1 saturated carbocycles. The minimum absolute atomic E-state index is 0.358. The molecule has 4 nitrogen and oxygen atoms in total. The summed E-state index contributed by atoms with van der Waals surface area (Å²) in [4.78, 5) is 12.1. The Kier molecular flexibility index (Phi) is 4.87. The van der Waals surface area contributed by atoms with Crippen LogP contribution in [0.1, 0.15) is 57.1 Å². The van der Waals surface area contributed by atoms with E-state index in [1.165, 1.54) is 28.1 Å². The summed E-state index contributed by atoms with van der Waals surface area (Å²) in [5.74, 6) is -0.0832. The Balaban J connectivity index is 2.68. The first-order chi connectivity index (χ1) is 10.8. The van der Waals surface area contributed by atoms with Crippen molar-refractivity contribution in [3.05, 3.63) is 23.3 Å². The number of rotatable bonds is 5. The van der Waals surface area contributed by atoms with Gasteiger partial charge in [0.25, 0.3) is 0 Å². The van der Waals surface area contributed by atoms with Gasteiger partial charge in [-0.15, -0.1) is 0 Å². The molecule has 0 aliphatic heterocycles. The zero-order valence-electron chi connectivity index (χ0n) is 14.2. The Morgan fingerprint density at radius 3 is 2.13 bits per heavy atom. The Morgan fingerprint density at radius 2 is 1.70 bits per heavy atom. The molecule has 0 saturated heterocycles. The zero-order valence-corrected chi connectivity index (χ0v) is 14.2. The van der Waals surface area contributed by atoms with E-state index in [4.69, 9.17) is 9.47 Å². The van der Waals surface area contributed by atoms with Gasteiger partial charge in [-0.2, -0.15) is 0 Å². The minimum Gasteiger partial charge on any atom is -0.496 e. The standard InChI is InChI=1S/C18H25FO4/c1-17(2,19)12-10-15(23-4)13(11-14(12)22-3)18(16(20)21)8-6-5-7-9-18/h10-11H,5-9H2,1-4H3,(H,20,21). The number of aliphatic carboxylic acids is 1. The van der Waals surface area contributed by atoms with Crippen LogP contribution in [0.25, 0.3) is 0 Å². The van der Waals surface area contributed by atoms with E-state index in [0.717, 1.165) is 19.3 Å². The quantitative estimate of drug-likeness (QED) is 0.882. The van der Waals surface area contributed by atoms with Crippen LogP contribution in [0.2, 0.25) is 0 Å². The van der Waals surface area contributed by atoms with Crippen LogP contribution < -0.4 is 9.47 Å². The fourth-order valence-electron chi connectivity index (χ4n) is 3.49. The second kappa shape index (κ2) is 6.38. The van der Waals surface area contributed by atoms with Crippen molar-refractivity contribution in [2.75, 3.05) is 14.2 Å². The molecule has 2 rings (SSSR count). The maximum atomic E-state index is 14.5. The summed E-state index contributed by atoms with van der Waals surface area (Å²) in [6, 6.07) is 3.22. The molecule has 23 heavy (non-hydrogen) atoms. The van der Waals surface area contributed by atoms with Gasteiger partial charge in [0.1, 0.15) is 17.2 Å². The van der Waals surface area contributed by atoms with Gasteiger partial charge in [0.2, 0.25) is 0 Å². The molecular weight excluding hydrogens is 299 g/mol. The molecule has 1 aliphatic rings. The normalized spacial score (nSPS) is 17.6. The Hall–Kier alpha value is -1.78. The first kappa shape index (κ1) is 17.6. The second-order valence-electron chi connectivity index (χ2n) is 6.67.